The average Bonchev–Trinajstić information content (AvgIpc) is 2.08. The van der Waals surface area contributed by atoms with Gasteiger partial charge in [0.2, 0.25) is 5.91 Å². The van der Waals surface area contributed by atoms with Crippen LogP contribution in [0, 0.1) is 11.8 Å². The van der Waals surface area contributed by atoms with Crippen LogP contribution in [0.5, 0.6) is 0 Å². The van der Waals surface area contributed by atoms with E-state index in [1.54, 1.807) is 4.90 Å². The Morgan fingerprint density at radius 3 is 2.69 bits per heavy atom. The summed E-state index contributed by atoms with van der Waals surface area (Å²) in [5.74, 6) is 0.799. The molecule has 2 heteroatoms. The van der Waals surface area contributed by atoms with Gasteiger partial charge in [-0.25, -0.2) is 0 Å². The van der Waals surface area contributed by atoms with Gasteiger partial charge in [0.05, 0.1) is 0 Å². The minimum atomic E-state index is 0.177. The van der Waals surface area contributed by atoms with Gasteiger partial charge in [-0.3, -0.25) is 4.79 Å². The highest BCUT2D eigenvalue weighted by Gasteiger charge is 2.30. The molecule has 0 aliphatic heterocycles. The van der Waals surface area contributed by atoms with E-state index in [0.717, 1.165) is 19.3 Å². The van der Waals surface area contributed by atoms with Gasteiger partial charge < -0.3 is 4.90 Å². The van der Waals surface area contributed by atoms with Crippen LogP contribution in [0.25, 0.3) is 0 Å². The Bertz CT molecular complexity index is 220. The molecule has 0 radical (unpaired) electrons. The van der Waals surface area contributed by atoms with Gasteiger partial charge in [-0.1, -0.05) is 19.1 Å². The zero-order chi connectivity index (χ0) is 10.0. The molecule has 1 aliphatic rings. The number of rotatable bonds is 1. The lowest BCUT2D eigenvalue weighted by molar-refractivity contribution is -0.134. The maximum atomic E-state index is 11.7. The Morgan fingerprint density at radius 2 is 2.15 bits per heavy atom. The van der Waals surface area contributed by atoms with Gasteiger partial charge in [-0.2, -0.15) is 0 Å². The van der Waals surface area contributed by atoms with E-state index in [1.165, 1.54) is 5.57 Å². The fourth-order valence-electron chi connectivity index (χ4n) is 1.98. The van der Waals surface area contributed by atoms with E-state index < -0.39 is 0 Å². The van der Waals surface area contributed by atoms with Crippen LogP contribution in [-0.4, -0.2) is 24.9 Å². The minimum Gasteiger partial charge on any atom is -0.349 e. The summed E-state index contributed by atoms with van der Waals surface area (Å²) in [6, 6.07) is 0. The third kappa shape index (κ3) is 2.11. The molecule has 0 bridgehead atoms. The lowest BCUT2D eigenvalue weighted by Crippen LogP contribution is -2.35. The van der Waals surface area contributed by atoms with Crippen molar-refractivity contribution in [2.75, 3.05) is 14.1 Å². The van der Waals surface area contributed by atoms with Crippen LogP contribution >= 0.6 is 0 Å². The van der Waals surface area contributed by atoms with E-state index in [2.05, 4.69) is 13.5 Å². The van der Waals surface area contributed by atoms with E-state index in [0.29, 0.717) is 5.92 Å². The fourth-order valence-corrected chi connectivity index (χ4v) is 1.98. The molecule has 1 amide bonds. The van der Waals surface area contributed by atoms with Crippen LogP contribution in [0.1, 0.15) is 26.2 Å². The molecule has 2 nitrogen and oxygen atoms in total. The molecule has 0 aromatic heterocycles. The first-order valence-electron chi connectivity index (χ1n) is 4.93. The molecule has 0 saturated heterocycles. The van der Waals surface area contributed by atoms with Crippen molar-refractivity contribution >= 4 is 5.91 Å². The summed E-state index contributed by atoms with van der Waals surface area (Å²) >= 11 is 0. The Labute approximate surface area is 80.6 Å². The predicted molar refractivity (Wildman–Crippen MR) is 54.3 cm³/mol. The predicted octanol–water partition coefficient (Wildman–Crippen LogP) is 2.07. The fraction of sp³-hybridized carbons (Fsp3) is 0.727. The first kappa shape index (κ1) is 10.3. The quantitative estimate of drug-likeness (QED) is 0.567. The van der Waals surface area contributed by atoms with E-state index >= 15 is 0 Å². The monoisotopic (exact) mass is 181 g/mol. The van der Waals surface area contributed by atoms with Gasteiger partial charge in [-0.15, -0.1) is 0 Å². The maximum Gasteiger partial charge on any atom is 0.225 e. The molecule has 2 atom stereocenters. The molecule has 0 spiro atoms. The summed E-state index contributed by atoms with van der Waals surface area (Å²) in [5, 5.41) is 0. The van der Waals surface area contributed by atoms with Crippen LogP contribution in [-0.2, 0) is 4.79 Å². The highest BCUT2D eigenvalue weighted by atomic mass is 16.2. The highest BCUT2D eigenvalue weighted by molar-refractivity contribution is 5.79. The van der Waals surface area contributed by atoms with Crippen molar-refractivity contribution in [2.24, 2.45) is 11.8 Å². The number of hydrogen-bond donors (Lipinski definition) is 0. The molecule has 1 fully saturated rings. The van der Waals surface area contributed by atoms with Crippen molar-refractivity contribution in [3.05, 3.63) is 12.2 Å². The summed E-state index contributed by atoms with van der Waals surface area (Å²) in [6.07, 6.45) is 3.24. The standard InChI is InChI=1S/C11H19NO/c1-8-6-5-7-10(9(8)2)11(13)12(3)4/h9-10H,1,5-7H2,2-4H3. The second-order valence-electron chi connectivity index (χ2n) is 4.18. The van der Waals surface area contributed by atoms with Crippen molar-refractivity contribution in [3.63, 3.8) is 0 Å². The molecule has 1 rings (SSSR count). The summed E-state index contributed by atoms with van der Waals surface area (Å²) in [5.41, 5.74) is 1.24. The minimum absolute atomic E-state index is 0.177. The molecule has 0 heterocycles. The second kappa shape index (κ2) is 3.95. The molecule has 2 unspecified atom stereocenters. The van der Waals surface area contributed by atoms with Crippen LogP contribution in [0.2, 0.25) is 0 Å². The molecular weight excluding hydrogens is 162 g/mol. The van der Waals surface area contributed by atoms with Gasteiger partial charge in [-0.05, 0) is 25.2 Å². The smallest absolute Gasteiger partial charge is 0.225 e. The van der Waals surface area contributed by atoms with E-state index in [-0.39, 0.29) is 11.8 Å². The van der Waals surface area contributed by atoms with Crippen molar-refractivity contribution in [2.45, 2.75) is 26.2 Å². The first-order chi connectivity index (χ1) is 6.04. The van der Waals surface area contributed by atoms with Gasteiger partial charge >= 0.3 is 0 Å². The third-order valence-corrected chi connectivity index (χ3v) is 3.02. The van der Waals surface area contributed by atoms with Crippen LogP contribution in [0.3, 0.4) is 0 Å². The second-order valence-corrected chi connectivity index (χ2v) is 4.18. The Balaban J connectivity index is 2.68. The Kier molecular flexibility index (Phi) is 3.12. The molecule has 0 N–H and O–H groups in total. The number of carbonyl (C=O) groups excluding carboxylic acids is 1. The van der Waals surface area contributed by atoms with Crippen molar-refractivity contribution < 1.29 is 4.79 Å². The van der Waals surface area contributed by atoms with E-state index in [9.17, 15) is 4.79 Å². The topological polar surface area (TPSA) is 20.3 Å². The normalized spacial score (nSPS) is 28.7. The molecular formula is C11H19NO. The summed E-state index contributed by atoms with van der Waals surface area (Å²) in [4.78, 5) is 13.4. The van der Waals surface area contributed by atoms with Gasteiger partial charge in [0.1, 0.15) is 0 Å². The summed E-state index contributed by atoms with van der Waals surface area (Å²) in [6.45, 7) is 6.14. The van der Waals surface area contributed by atoms with Gasteiger partial charge in [0.15, 0.2) is 0 Å². The summed E-state index contributed by atoms with van der Waals surface area (Å²) in [7, 11) is 3.65. The molecule has 1 aliphatic carbocycles. The average molecular weight is 181 g/mol. The van der Waals surface area contributed by atoms with Crippen molar-refractivity contribution in [3.8, 4) is 0 Å². The lowest BCUT2D eigenvalue weighted by Gasteiger charge is -2.31. The summed E-state index contributed by atoms with van der Waals surface area (Å²) < 4.78 is 0. The van der Waals surface area contributed by atoms with Crippen LogP contribution in [0.15, 0.2) is 12.2 Å². The zero-order valence-corrected chi connectivity index (χ0v) is 8.84. The number of amides is 1. The SMILES string of the molecule is C=C1CCCC(C(=O)N(C)C)C1C. The number of allylic oxidation sites excluding steroid dienone is 1. The van der Waals surface area contributed by atoms with Crippen molar-refractivity contribution in [1.29, 1.82) is 0 Å². The Hall–Kier alpha value is -0.790. The number of nitrogens with zero attached hydrogens (tertiary/aromatic N) is 1. The molecule has 74 valence electrons. The Morgan fingerprint density at radius 1 is 1.54 bits per heavy atom. The number of hydrogen-bond acceptors (Lipinski definition) is 1. The highest BCUT2D eigenvalue weighted by Crippen LogP contribution is 2.33. The lowest BCUT2D eigenvalue weighted by atomic mass is 9.77. The molecule has 0 aromatic carbocycles. The van der Waals surface area contributed by atoms with E-state index in [4.69, 9.17) is 0 Å². The molecule has 0 aromatic rings. The van der Waals surface area contributed by atoms with Crippen LogP contribution in [0.4, 0.5) is 0 Å². The maximum absolute atomic E-state index is 11.7. The first-order valence-corrected chi connectivity index (χ1v) is 4.93. The number of carbonyl (C=O) groups is 1. The molecule has 13 heavy (non-hydrogen) atoms. The van der Waals surface area contributed by atoms with Gasteiger partial charge in [0.25, 0.3) is 0 Å². The molecule has 1 saturated carbocycles. The van der Waals surface area contributed by atoms with Gasteiger partial charge in [0, 0.05) is 20.0 Å². The van der Waals surface area contributed by atoms with Crippen molar-refractivity contribution in [1.82, 2.24) is 4.90 Å². The van der Waals surface area contributed by atoms with E-state index in [1.807, 2.05) is 14.1 Å². The zero-order valence-electron chi connectivity index (χ0n) is 8.84. The largest absolute Gasteiger partial charge is 0.349 e. The van der Waals surface area contributed by atoms with Crippen LogP contribution < -0.4 is 0 Å². The third-order valence-electron chi connectivity index (χ3n) is 3.02.